The summed E-state index contributed by atoms with van der Waals surface area (Å²) in [6.45, 7) is 13.2. The fraction of sp³-hybridized carbons (Fsp3) is 0.684. The first-order valence-corrected chi connectivity index (χ1v) is 8.89. The van der Waals surface area contributed by atoms with Crippen LogP contribution in [-0.2, 0) is 6.54 Å². The second-order valence-electron chi connectivity index (χ2n) is 7.46. The molecule has 1 N–H and O–H groups in total. The molecule has 3 nitrogen and oxygen atoms in total. The van der Waals surface area contributed by atoms with Crippen molar-refractivity contribution in [2.75, 3.05) is 39.3 Å². The van der Waals surface area contributed by atoms with Crippen LogP contribution in [0.5, 0.6) is 0 Å². The molecular formula is C19H31N3. The Hall–Kier alpha value is -0.900. The first-order valence-electron chi connectivity index (χ1n) is 8.89. The van der Waals surface area contributed by atoms with Crippen LogP contribution in [0.25, 0.3) is 0 Å². The lowest BCUT2D eigenvalue weighted by Gasteiger charge is -2.35. The molecule has 1 aromatic carbocycles. The van der Waals surface area contributed by atoms with E-state index in [4.69, 9.17) is 0 Å². The number of hydrogen-bond donors (Lipinski definition) is 1. The maximum atomic E-state index is 3.54. The lowest BCUT2D eigenvalue weighted by Crippen LogP contribution is -2.44. The summed E-state index contributed by atoms with van der Waals surface area (Å²) in [5, 5.41) is 3.54. The van der Waals surface area contributed by atoms with E-state index in [0.717, 1.165) is 12.6 Å². The molecule has 0 bridgehead atoms. The number of likely N-dealkylation sites (N-methyl/N-ethyl adjacent to an activating group) is 1. The normalized spacial score (nSPS) is 29.5. The lowest BCUT2D eigenvalue weighted by molar-refractivity contribution is 0.134. The molecule has 22 heavy (non-hydrogen) atoms. The average Bonchev–Trinajstić information content (AvgIpc) is 3.16. The first-order chi connectivity index (χ1) is 10.7. The van der Waals surface area contributed by atoms with Crippen LogP contribution in [0.2, 0.25) is 0 Å². The number of benzene rings is 1. The molecule has 2 fully saturated rings. The van der Waals surface area contributed by atoms with Crippen molar-refractivity contribution in [2.24, 2.45) is 5.41 Å². The third-order valence-electron chi connectivity index (χ3n) is 5.46. The predicted octanol–water partition coefficient (Wildman–Crippen LogP) is 2.58. The van der Waals surface area contributed by atoms with E-state index < -0.39 is 0 Å². The summed E-state index contributed by atoms with van der Waals surface area (Å²) in [6.07, 6.45) is 2.65. The minimum Gasteiger partial charge on any atom is -0.316 e. The molecule has 3 heteroatoms. The third-order valence-corrected chi connectivity index (χ3v) is 5.46. The Morgan fingerprint density at radius 3 is 2.82 bits per heavy atom. The second-order valence-corrected chi connectivity index (χ2v) is 7.46. The molecule has 0 aliphatic carbocycles. The van der Waals surface area contributed by atoms with E-state index in [1.54, 1.807) is 0 Å². The summed E-state index contributed by atoms with van der Waals surface area (Å²) >= 11 is 0. The fourth-order valence-corrected chi connectivity index (χ4v) is 4.09. The van der Waals surface area contributed by atoms with Crippen molar-refractivity contribution in [3.05, 3.63) is 35.9 Å². The molecule has 0 radical (unpaired) electrons. The second kappa shape index (κ2) is 7.12. The molecule has 122 valence electrons. The Balaban J connectivity index is 1.54. The van der Waals surface area contributed by atoms with Crippen LogP contribution in [-0.4, -0.2) is 55.1 Å². The lowest BCUT2D eigenvalue weighted by atomic mass is 9.88. The van der Waals surface area contributed by atoms with Crippen molar-refractivity contribution < 1.29 is 0 Å². The highest BCUT2D eigenvalue weighted by Crippen LogP contribution is 2.28. The highest BCUT2D eigenvalue weighted by molar-refractivity contribution is 5.14. The Bertz CT molecular complexity index is 453. The van der Waals surface area contributed by atoms with Gasteiger partial charge in [0.1, 0.15) is 0 Å². The van der Waals surface area contributed by atoms with E-state index in [1.807, 2.05) is 0 Å². The molecule has 2 saturated heterocycles. The summed E-state index contributed by atoms with van der Waals surface area (Å²) in [5.41, 5.74) is 1.92. The molecule has 1 aromatic rings. The first kappa shape index (κ1) is 16.0. The maximum absolute atomic E-state index is 3.54. The van der Waals surface area contributed by atoms with Gasteiger partial charge in [0.25, 0.3) is 0 Å². The Morgan fingerprint density at radius 1 is 1.32 bits per heavy atom. The summed E-state index contributed by atoms with van der Waals surface area (Å²) < 4.78 is 0. The molecule has 2 aliphatic rings. The fourth-order valence-electron chi connectivity index (χ4n) is 4.09. The molecule has 0 spiro atoms. The van der Waals surface area contributed by atoms with Gasteiger partial charge in [-0.15, -0.1) is 0 Å². The van der Waals surface area contributed by atoms with Crippen LogP contribution < -0.4 is 5.32 Å². The van der Waals surface area contributed by atoms with Crippen LogP contribution in [0.4, 0.5) is 0 Å². The van der Waals surface area contributed by atoms with E-state index in [2.05, 4.69) is 59.3 Å². The molecule has 0 amide bonds. The van der Waals surface area contributed by atoms with Gasteiger partial charge < -0.3 is 5.32 Å². The number of likely N-dealkylation sites (tertiary alicyclic amines) is 1. The molecule has 2 aliphatic heterocycles. The number of nitrogens with zero attached hydrogens (tertiary/aromatic N) is 2. The summed E-state index contributed by atoms with van der Waals surface area (Å²) in [5.74, 6) is 0. The largest absolute Gasteiger partial charge is 0.316 e. The minimum absolute atomic E-state index is 0.475. The Labute approximate surface area is 135 Å². The minimum atomic E-state index is 0.475. The third kappa shape index (κ3) is 3.89. The molecule has 0 saturated carbocycles. The van der Waals surface area contributed by atoms with Crippen LogP contribution in [0.1, 0.15) is 32.3 Å². The van der Waals surface area contributed by atoms with Gasteiger partial charge in [-0.05, 0) is 36.9 Å². The molecule has 2 atom stereocenters. The van der Waals surface area contributed by atoms with Crippen LogP contribution >= 0.6 is 0 Å². The Kier molecular flexibility index (Phi) is 5.17. The van der Waals surface area contributed by atoms with Gasteiger partial charge in [-0.3, -0.25) is 9.80 Å². The van der Waals surface area contributed by atoms with Gasteiger partial charge in [0, 0.05) is 38.8 Å². The highest BCUT2D eigenvalue weighted by Gasteiger charge is 2.34. The van der Waals surface area contributed by atoms with Crippen LogP contribution in [0.15, 0.2) is 30.3 Å². The zero-order valence-corrected chi connectivity index (χ0v) is 14.2. The van der Waals surface area contributed by atoms with E-state index in [-0.39, 0.29) is 0 Å². The highest BCUT2D eigenvalue weighted by atomic mass is 15.3. The number of hydrogen-bond acceptors (Lipinski definition) is 3. The molecule has 3 rings (SSSR count). The summed E-state index contributed by atoms with van der Waals surface area (Å²) in [6, 6.07) is 11.6. The Morgan fingerprint density at radius 2 is 2.14 bits per heavy atom. The van der Waals surface area contributed by atoms with Gasteiger partial charge in [0.15, 0.2) is 0 Å². The van der Waals surface area contributed by atoms with E-state index in [1.165, 1.54) is 57.7 Å². The van der Waals surface area contributed by atoms with Crippen molar-refractivity contribution in [2.45, 2.75) is 39.3 Å². The van der Waals surface area contributed by atoms with E-state index >= 15 is 0 Å². The van der Waals surface area contributed by atoms with Gasteiger partial charge in [-0.25, -0.2) is 0 Å². The van der Waals surface area contributed by atoms with Crippen molar-refractivity contribution in [3.8, 4) is 0 Å². The average molecular weight is 301 g/mol. The molecule has 2 heterocycles. The van der Waals surface area contributed by atoms with Gasteiger partial charge in [0.05, 0.1) is 0 Å². The van der Waals surface area contributed by atoms with Gasteiger partial charge in [-0.1, -0.05) is 44.2 Å². The predicted molar refractivity (Wildman–Crippen MR) is 93.0 cm³/mol. The molecule has 0 aromatic heterocycles. The number of rotatable bonds is 6. The van der Waals surface area contributed by atoms with Crippen molar-refractivity contribution in [1.29, 1.82) is 0 Å². The van der Waals surface area contributed by atoms with E-state index in [9.17, 15) is 0 Å². The van der Waals surface area contributed by atoms with Crippen molar-refractivity contribution >= 4 is 0 Å². The topological polar surface area (TPSA) is 18.5 Å². The van der Waals surface area contributed by atoms with Crippen molar-refractivity contribution in [3.63, 3.8) is 0 Å². The van der Waals surface area contributed by atoms with E-state index in [0.29, 0.717) is 5.41 Å². The van der Waals surface area contributed by atoms with Gasteiger partial charge in [-0.2, -0.15) is 0 Å². The van der Waals surface area contributed by atoms with Gasteiger partial charge >= 0.3 is 0 Å². The van der Waals surface area contributed by atoms with Gasteiger partial charge in [0.2, 0.25) is 0 Å². The zero-order chi connectivity index (χ0) is 15.4. The zero-order valence-electron chi connectivity index (χ0n) is 14.2. The summed E-state index contributed by atoms with van der Waals surface area (Å²) in [4.78, 5) is 5.36. The molecule has 2 unspecified atom stereocenters. The monoisotopic (exact) mass is 301 g/mol. The SMILES string of the molecule is CCN(CC1(C)CCNC1)C1CCN(Cc2ccccc2)C1. The van der Waals surface area contributed by atoms with Crippen molar-refractivity contribution in [1.82, 2.24) is 15.1 Å². The standard InChI is InChI=1S/C19H31N3/c1-3-22(16-19(2)10-11-20-15-19)18-9-12-21(14-18)13-17-7-5-4-6-8-17/h4-8,18,20H,3,9-16H2,1-2H3. The smallest absolute Gasteiger partial charge is 0.0235 e. The molecular weight excluding hydrogens is 270 g/mol. The summed E-state index contributed by atoms with van der Waals surface area (Å²) in [7, 11) is 0. The quantitative estimate of drug-likeness (QED) is 0.871. The van der Waals surface area contributed by atoms with Crippen LogP contribution in [0, 0.1) is 5.41 Å². The maximum Gasteiger partial charge on any atom is 0.0235 e. The number of nitrogens with one attached hydrogen (secondary N) is 1. The van der Waals surface area contributed by atoms with Crippen LogP contribution in [0.3, 0.4) is 0 Å².